The van der Waals surface area contributed by atoms with Gasteiger partial charge in [0.2, 0.25) is 11.8 Å². The predicted octanol–water partition coefficient (Wildman–Crippen LogP) is 3.71. The van der Waals surface area contributed by atoms with Crippen molar-refractivity contribution in [2.45, 2.75) is 50.5 Å². The Labute approximate surface area is 218 Å². The highest BCUT2D eigenvalue weighted by atomic mass is 35.5. The third-order valence-electron chi connectivity index (χ3n) is 6.95. The summed E-state index contributed by atoms with van der Waals surface area (Å²) in [4.78, 5) is 28.4. The first-order valence-electron chi connectivity index (χ1n) is 12.2. The van der Waals surface area contributed by atoms with Crippen molar-refractivity contribution in [2.75, 3.05) is 36.3 Å². The van der Waals surface area contributed by atoms with E-state index in [1.165, 1.54) is 6.07 Å². The number of rotatable bonds is 7. The molecule has 194 valence electrons. The normalized spacial score (nSPS) is 20.6. The van der Waals surface area contributed by atoms with Gasteiger partial charge < -0.3 is 15.5 Å². The van der Waals surface area contributed by atoms with Crippen LogP contribution < -0.4 is 14.9 Å². The minimum absolute atomic E-state index is 0.0562. The van der Waals surface area contributed by atoms with Gasteiger partial charge in [-0.2, -0.15) is 0 Å². The van der Waals surface area contributed by atoms with Crippen molar-refractivity contribution in [3.8, 4) is 0 Å². The summed E-state index contributed by atoms with van der Waals surface area (Å²) in [5.41, 5.74) is 1.78. The zero-order chi connectivity index (χ0) is 26.0. The van der Waals surface area contributed by atoms with Gasteiger partial charge in [-0.1, -0.05) is 23.7 Å². The first-order valence-corrected chi connectivity index (χ1v) is 14.1. The molecule has 0 bridgehead atoms. The van der Waals surface area contributed by atoms with Crippen LogP contribution in [0.3, 0.4) is 0 Å². The fraction of sp³-hybridized carbons (Fsp3) is 0.462. The third-order valence-corrected chi connectivity index (χ3v) is 9.33. The van der Waals surface area contributed by atoms with Crippen LogP contribution >= 0.6 is 11.6 Å². The van der Waals surface area contributed by atoms with Crippen molar-refractivity contribution in [2.24, 2.45) is 5.92 Å². The van der Waals surface area contributed by atoms with E-state index >= 15 is 0 Å². The molecule has 0 saturated carbocycles. The molecule has 2 heterocycles. The van der Waals surface area contributed by atoms with E-state index < -0.39 is 22.0 Å². The van der Waals surface area contributed by atoms with Crippen molar-refractivity contribution in [1.82, 2.24) is 10.2 Å². The molecule has 4 rings (SSSR count). The second-order valence-corrected chi connectivity index (χ2v) is 12.0. The van der Waals surface area contributed by atoms with Crippen LogP contribution in [0.1, 0.15) is 36.8 Å². The van der Waals surface area contributed by atoms with Crippen molar-refractivity contribution in [1.29, 1.82) is 0 Å². The molecule has 1 saturated heterocycles. The molecule has 10 heteroatoms. The maximum atomic E-state index is 14.0. The van der Waals surface area contributed by atoms with E-state index in [0.717, 1.165) is 36.7 Å². The topological polar surface area (TPSA) is 98.8 Å². The Morgan fingerprint density at radius 2 is 1.94 bits per heavy atom. The fourth-order valence-corrected chi connectivity index (χ4v) is 7.19. The minimum Gasteiger partial charge on any atom is -0.356 e. The molecule has 2 unspecified atom stereocenters. The van der Waals surface area contributed by atoms with Gasteiger partial charge in [-0.3, -0.25) is 13.9 Å². The highest BCUT2D eigenvalue weighted by Gasteiger charge is 2.42. The molecule has 2 aliphatic rings. The minimum atomic E-state index is -4.19. The van der Waals surface area contributed by atoms with Crippen LogP contribution in [0.2, 0.25) is 5.02 Å². The Kier molecular flexibility index (Phi) is 7.92. The van der Waals surface area contributed by atoms with E-state index in [4.69, 9.17) is 11.6 Å². The van der Waals surface area contributed by atoms with E-state index in [9.17, 15) is 18.0 Å². The number of hydrogen-bond donors (Lipinski definition) is 2. The van der Waals surface area contributed by atoms with Gasteiger partial charge in [0.05, 0.1) is 22.7 Å². The van der Waals surface area contributed by atoms with E-state index in [1.54, 1.807) is 44.2 Å². The summed E-state index contributed by atoms with van der Waals surface area (Å²) in [5, 5.41) is 6.13. The summed E-state index contributed by atoms with van der Waals surface area (Å²) < 4.78 is 29.1. The summed E-state index contributed by atoms with van der Waals surface area (Å²) >= 11 is 6.21. The lowest BCUT2D eigenvalue weighted by Crippen LogP contribution is -2.53. The number of nitrogens with zero attached hydrogens (tertiary/aromatic N) is 2. The molecule has 0 aliphatic carbocycles. The zero-order valence-electron chi connectivity index (χ0n) is 20.9. The van der Waals surface area contributed by atoms with Crippen molar-refractivity contribution in [3.05, 3.63) is 52.5 Å². The van der Waals surface area contributed by atoms with Crippen LogP contribution in [0.4, 0.5) is 11.4 Å². The number of anilines is 2. The predicted molar refractivity (Wildman–Crippen MR) is 142 cm³/mol. The Morgan fingerprint density at radius 1 is 1.19 bits per heavy atom. The van der Waals surface area contributed by atoms with E-state index in [1.807, 2.05) is 0 Å². The number of sulfonamides is 1. The molecule has 1 fully saturated rings. The lowest BCUT2D eigenvalue weighted by atomic mass is 9.95. The first kappa shape index (κ1) is 26.4. The molecule has 0 aromatic heterocycles. The third kappa shape index (κ3) is 5.53. The van der Waals surface area contributed by atoms with Crippen LogP contribution in [0.15, 0.2) is 41.3 Å². The molecule has 36 heavy (non-hydrogen) atoms. The molecule has 2 aromatic carbocycles. The molecule has 0 radical (unpaired) electrons. The number of fused-ring (bicyclic) bond motifs is 1. The molecular weight excluding hydrogens is 500 g/mol. The van der Waals surface area contributed by atoms with Crippen LogP contribution in [-0.4, -0.2) is 57.9 Å². The Bertz CT molecular complexity index is 1270. The largest absolute Gasteiger partial charge is 0.356 e. The number of halogens is 1. The van der Waals surface area contributed by atoms with Crippen LogP contribution in [-0.2, 0) is 19.6 Å². The Morgan fingerprint density at radius 3 is 2.69 bits per heavy atom. The standard InChI is InChI=1S/C26H33ClN4O4S/c1-17-14-24(18(2)13-20(17)27)36(34,35)31-22-9-5-4-8-21(22)29-26(33)23(31)15-25(32)28-11-10-19-7-6-12-30(3)16-19/h4-5,8-9,13-14,19,23H,6-7,10-12,15-16H2,1-3H3,(H,28,32)(H,29,33). The quantitative estimate of drug-likeness (QED) is 0.566. The number of benzene rings is 2. The van der Waals surface area contributed by atoms with Crippen molar-refractivity contribution >= 4 is 44.8 Å². The number of hydrogen-bond acceptors (Lipinski definition) is 5. The maximum Gasteiger partial charge on any atom is 0.265 e. The van der Waals surface area contributed by atoms with E-state index in [-0.39, 0.29) is 17.2 Å². The van der Waals surface area contributed by atoms with Crippen LogP contribution in [0.5, 0.6) is 0 Å². The van der Waals surface area contributed by atoms with Gasteiger partial charge in [-0.25, -0.2) is 8.42 Å². The molecule has 2 aromatic rings. The summed E-state index contributed by atoms with van der Waals surface area (Å²) in [7, 11) is -2.09. The van der Waals surface area contributed by atoms with Gasteiger partial charge >= 0.3 is 0 Å². The highest BCUT2D eigenvalue weighted by Crippen LogP contribution is 2.38. The number of aryl methyl sites for hydroxylation is 2. The highest BCUT2D eigenvalue weighted by molar-refractivity contribution is 7.93. The second-order valence-electron chi connectivity index (χ2n) is 9.80. The average Bonchev–Trinajstić information content (AvgIpc) is 2.81. The second kappa shape index (κ2) is 10.8. The number of likely N-dealkylation sites (tertiary alicyclic amines) is 1. The summed E-state index contributed by atoms with van der Waals surface area (Å²) in [6.07, 6.45) is 2.84. The van der Waals surface area contributed by atoms with Gasteiger partial charge in [-0.15, -0.1) is 0 Å². The fourth-order valence-electron chi connectivity index (χ4n) is 5.05. The van der Waals surface area contributed by atoms with Crippen molar-refractivity contribution in [3.63, 3.8) is 0 Å². The number of amides is 2. The molecule has 2 amide bonds. The zero-order valence-corrected chi connectivity index (χ0v) is 22.5. The molecule has 2 atom stereocenters. The lowest BCUT2D eigenvalue weighted by Gasteiger charge is -2.37. The van der Waals surface area contributed by atoms with Gasteiger partial charge in [-0.05, 0) is 88.0 Å². The Balaban J connectivity index is 1.59. The monoisotopic (exact) mass is 532 g/mol. The summed E-state index contributed by atoms with van der Waals surface area (Å²) in [5.74, 6) is -0.380. The van der Waals surface area contributed by atoms with Gasteiger partial charge in [0.1, 0.15) is 6.04 Å². The molecular formula is C26H33ClN4O4S. The maximum absolute atomic E-state index is 14.0. The number of piperidine rings is 1. The van der Waals surface area contributed by atoms with Crippen molar-refractivity contribution < 1.29 is 18.0 Å². The van der Waals surface area contributed by atoms with Crippen LogP contribution in [0.25, 0.3) is 0 Å². The SMILES string of the molecule is Cc1cc(S(=O)(=O)N2c3ccccc3NC(=O)C2CC(=O)NCCC2CCCN(C)C2)c(C)cc1Cl. The molecule has 8 nitrogen and oxygen atoms in total. The molecule has 0 spiro atoms. The smallest absolute Gasteiger partial charge is 0.265 e. The van der Waals surface area contributed by atoms with Crippen LogP contribution in [0, 0.1) is 19.8 Å². The number of carbonyl (C=O) groups excluding carboxylic acids is 2. The summed E-state index contributed by atoms with van der Waals surface area (Å²) in [6, 6.07) is 8.60. The van der Waals surface area contributed by atoms with E-state index in [0.29, 0.717) is 40.0 Å². The summed E-state index contributed by atoms with van der Waals surface area (Å²) in [6.45, 7) is 5.98. The molecule has 2 aliphatic heterocycles. The number of nitrogens with one attached hydrogen (secondary N) is 2. The van der Waals surface area contributed by atoms with Gasteiger partial charge in [0.15, 0.2) is 0 Å². The first-order chi connectivity index (χ1) is 17.1. The van der Waals surface area contributed by atoms with E-state index in [2.05, 4.69) is 22.6 Å². The number of carbonyl (C=O) groups is 2. The van der Waals surface area contributed by atoms with Gasteiger partial charge in [0.25, 0.3) is 10.0 Å². The Hall–Kier alpha value is -2.62. The lowest BCUT2D eigenvalue weighted by molar-refractivity contribution is -0.125. The average molecular weight is 533 g/mol. The molecule has 2 N–H and O–H groups in total. The number of para-hydroxylation sites is 2. The van der Waals surface area contributed by atoms with Gasteiger partial charge in [0, 0.05) is 18.1 Å².